The molecule has 0 fully saturated rings. The van der Waals surface area contributed by atoms with Crippen molar-refractivity contribution in [1.82, 2.24) is 9.78 Å². The van der Waals surface area contributed by atoms with Crippen LogP contribution >= 0.6 is 11.6 Å². The summed E-state index contributed by atoms with van der Waals surface area (Å²) in [6, 6.07) is 15.0. The van der Waals surface area contributed by atoms with Crippen LogP contribution < -0.4 is 4.74 Å². The van der Waals surface area contributed by atoms with Crippen molar-refractivity contribution in [3.8, 4) is 11.4 Å². The molecule has 3 rings (SSSR count). The van der Waals surface area contributed by atoms with Crippen molar-refractivity contribution in [1.29, 1.82) is 0 Å². The number of aromatic nitrogens is 2. The maximum Gasteiger partial charge on any atom is 0.140 e. The van der Waals surface area contributed by atoms with Crippen LogP contribution in [0.4, 0.5) is 0 Å². The summed E-state index contributed by atoms with van der Waals surface area (Å²) in [4.78, 5) is 12.8. The van der Waals surface area contributed by atoms with E-state index in [2.05, 4.69) is 5.10 Å². The Morgan fingerprint density at radius 3 is 2.72 bits per heavy atom. The number of carbonyl (C=O) groups is 1. The van der Waals surface area contributed by atoms with Gasteiger partial charge in [0.2, 0.25) is 0 Å². The fourth-order valence-electron chi connectivity index (χ4n) is 3.38. The molecule has 2 aromatic carbocycles. The zero-order valence-electron chi connectivity index (χ0n) is 16.9. The van der Waals surface area contributed by atoms with Crippen molar-refractivity contribution in [2.45, 2.75) is 39.2 Å². The molecule has 0 aliphatic rings. The molecule has 6 heteroatoms. The average molecular weight is 413 g/mol. The van der Waals surface area contributed by atoms with Crippen molar-refractivity contribution >= 4 is 17.4 Å². The Bertz CT molecular complexity index is 1010. The number of Topliss-reactive ketones (excluding diaryl/α,β-unsaturated/α-hetero) is 1. The lowest BCUT2D eigenvalue weighted by Gasteiger charge is -2.14. The first-order chi connectivity index (χ1) is 13.9. The van der Waals surface area contributed by atoms with Gasteiger partial charge in [-0.25, -0.2) is 4.68 Å². The zero-order valence-corrected chi connectivity index (χ0v) is 17.6. The molecular weight excluding hydrogens is 388 g/mol. The highest BCUT2D eigenvalue weighted by atomic mass is 35.5. The first-order valence-electron chi connectivity index (χ1n) is 9.54. The Balaban J connectivity index is 1.74. The highest BCUT2D eigenvalue weighted by molar-refractivity contribution is 6.30. The molecule has 1 heterocycles. The SMILES string of the molecule is COc1cc(C(C)C(=O)CCc2cc(C)nn2-c2cccc(Cl)c2)ccc1CO. The highest BCUT2D eigenvalue weighted by Gasteiger charge is 2.18. The van der Waals surface area contributed by atoms with Gasteiger partial charge < -0.3 is 9.84 Å². The van der Waals surface area contributed by atoms with Crippen LogP contribution in [0.25, 0.3) is 5.69 Å². The molecule has 0 radical (unpaired) electrons. The van der Waals surface area contributed by atoms with Crippen molar-refractivity contribution in [3.05, 3.63) is 76.1 Å². The molecule has 0 bridgehead atoms. The number of hydrogen-bond donors (Lipinski definition) is 1. The van der Waals surface area contributed by atoms with Crippen LogP contribution in [-0.4, -0.2) is 27.8 Å². The number of aryl methyl sites for hydroxylation is 2. The second-order valence-electron chi connectivity index (χ2n) is 7.09. The predicted octanol–water partition coefficient (Wildman–Crippen LogP) is 4.64. The first-order valence-corrected chi connectivity index (χ1v) is 9.92. The lowest BCUT2D eigenvalue weighted by atomic mass is 9.92. The fraction of sp³-hybridized carbons (Fsp3) is 0.304. The van der Waals surface area contributed by atoms with Gasteiger partial charge in [0.15, 0.2) is 0 Å². The van der Waals surface area contributed by atoms with E-state index < -0.39 is 0 Å². The maximum absolute atomic E-state index is 12.8. The van der Waals surface area contributed by atoms with E-state index in [0.717, 1.165) is 22.6 Å². The van der Waals surface area contributed by atoms with E-state index in [1.54, 1.807) is 13.2 Å². The average Bonchev–Trinajstić information content (AvgIpc) is 3.11. The molecule has 152 valence electrons. The van der Waals surface area contributed by atoms with Gasteiger partial charge in [0, 0.05) is 28.6 Å². The summed E-state index contributed by atoms with van der Waals surface area (Å²) in [5.74, 6) is 0.472. The highest BCUT2D eigenvalue weighted by Crippen LogP contribution is 2.27. The summed E-state index contributed by atoms with van der Waals surface area (Å²) in [6.45, 7) is 3.73. The van der Waals surface area contributed by atoms with Crippen LogP contribution in [0.5, 0.6) is 5.75 Å². The summed E-state index contributed by atoms with van der Waals surface area (Å²) >= 11 is 6.12. The van der Waals surface area contributed by atoms with E-state index in [-0.39, 0.29) is 18.3 Å². The standard InChI is InChI=1S/C23H25ClN2O3/c1-15-11-21(26(25-15)20-6-4-5-19(24)13-20)9-10-22(28)16(2)17-7-8-18(14-27)23(12-17)29-3/h4-8,11-13,16,27H,9-10,14H2,1-3H3. The second-order valence-corrected chi connectivity index (χ2v) is 7.52. The summed E-state index contributed by atoms with van der Waals surface area (Å²) in [6.07, 6.45) is 0.985. The summed E-state index contributed by atoms with van der Waals surface area (Å²) in [7, 11) is 1.56. The number of hydrogen-bond acceptors (Lipinski definition) is 4. The molecule has 29 heavy (non-hydrogen) atoms. The molecule has 0 aliphatic heterocycles. The van der Waals surface area contributed by atoms with Gasteiger partial charge in [0.1, 0.15) is 11.5 Å². The van der Waals surface area contributed by atoms with Crippen molar-refractivity contribution in [2.75, 3.05) is 7.11 Å². The van der Waals surface area contributed by atoms with Crippen LogP contribution in [0.2, 0.25) is 5.02 Å². The number of halogens is 1. The van der Waals surface area contributed by atoms with E-state index in [4.69, 9.17) is 16.3 Å². The van der Waals surface area contributed by atoms with Gasteiger partial charge in [-0.1, -0.05) is 36.7 Å². The molecule has 0 aliphatic carbocycles. The fourth-order valence-corrected chi connectivity index (χ4v) is 3.56. The van der Waals surface area contributed by atoms with Crippen LogP contribution in [0.3, 0.4) is 0 Å². The minimum atomic E-state index is -0.264. The third-order valence-corrected chi connectivity index (χ3v) is 5.29. The molecule has 5 nitrogen and oxygen atoms in total. The third-order valence-electron chi connectivity index (χ3n) is 5.05. The van der Waals surface area contributed by atoms with Gasteiger partial charge in [-0.05, 0) is 49.2 Å². The van der Waals surface area contributed by atoms with Gasteiger partial charge in [-0.15, -0.1) is 0 Å². The molecule has 0 amide bonds. The number of ketones is 1. The third kappa shape index (κ3) is 4.86. The van der Waals surface area contributed by atoms with Crippen LogP contribution in [0, 0.1) is 6.92 Å². The molecule has 0 saturated heterocycles. The minimum absolute atomic E-state index is 0.0986. The maximum atomic E-state index is 12.8. The van der Waals surface area contributed by atoms with E-state index in [0.29, 0.717) is 29.2 Å². The largest absolute Gasteiger partial charge is 0.496 e. The number of rotatable bonds is 8. The van der Waals surface area contributed by atoms with Crippen LogP contribution in [0.15, 0.2) is 48.5 Å². The molecule has 0 saturated carbocycles. The number of carbonyl (C=O) groups excluding carboxylic acids is 1. The van der Waals surface area contributed by atoms with Crippen LogP contribution in [-0.2, 0) is 17.8 Å². The molecule has 1 unspecified atom stereocenters. The smallest absolute Gasteiger partial charge is 0.140 e. The number of nitrogens with zero attached hydrogens (tertiary/aromatic N) is 2. The van der Waals surface area contributed by atoms with Crippen LogP contribution in [0.1, 0.15) is 41.8 Å². The number of ether oxygens (including phenoxy) is 1. The number of aliphatic hydroxyl groups is 1. The Morgan fingerprint density at radius 2 is 2.03 bits per heavy atom. The quantitative estimate of drug-likeness (QED) is 0.585. The topological polar surface area (TPSA) is 64.3 Å². The van der Waals surface area contributed by atoms with E-state index in [1.807, 2.05) is 61.0 Å². The summed E-state index contributed by atoms with van der Waals surface area (Å²) in [5.41, 5.74) is 4.33. The van der Waals surface area contributed by atoms with Gasteiger partial charge in [0.25, 0.3) is 0 Å². The summed E-state index contributed by atoms with van der Waals surface area (Å²) in [5, 5.41) is 14.6. The Morgan fingerprint density at radius 1 is 1.24 bits per heavy atom. The zero-order chi connectivity index (χ0) is 21.0. The van der Waals surface area contributed by atoms with Gasteiger partial charge in [-0.2, -0.15) is 5.10 Å². The van der Waals surface area contributed by atoms with Gasteiger partial charge >= 0.3 is 0 Å². The first kappa shape index (κ1) is 21.1. The van der Waals surface area contributed by atoms with E-state index in [9.17, 15) is 9.90 Å². The minimum Gasteiger partial charge on any atom is -0.496 e. The molecule has 3 aromatic rings. The lowest BCUT2D eigenvalue weighted by Crippen LogP contribution is -2.12. The number of methoxy groups -OCH3 is 1. The van der Waals surface area contributed by atoms with Gasteiger partial charge in [-0.3, -0.25) is 4.79 Å². The van der Waals surface area contributed by atoms with Gasteiger partial charge in [0.05, 0.1) is 25.1 Å². The lowest BCUT2D eigenvalue weighted by molar-refractivity contribution is -0.120. The van der Waals surface area contributed by atoms with Crippen molar-refractivity contribution < 1.29 is 14.6 Å². The second kappa shape index (κ2) is 9.25. The normalized spacial score (nSPS) is 12.0. The Labute approximate surface area is 175 Å². The van der Waals surface area contributed by atoms with Crippen molar-refractivity contribution in [3.63, 3.8) is 0 Å². The predicted molar refractivity (Wildman–Crippen MR) is 114 cm³/mol. The monoisotopic (exact) mass is 412 g/mol. The van der Waals surface area contributed by atoms with E-state index in [1.165, 1.54) is 0 Å². The Kier molecular flexibility index (Phi) is 6.72. The molecule has 1 atom stereocenters. The summed E-state index contributed by atoms with van der Waals surface area (Å²) < 4.78 is 7.16. The number of benzene rings is 2. The molecule has 0 spiro atoms. The molecule has 1 aromatic heterocycles. The number of aliphatic hydroxyl groups excluding tert-OH is 1. The molecular formula is C23H25ClN2O3. The van der Waals surface area contributed by atoms with Crippen molar-refractivity contribution in [2.24, 2.45) is 0 Å². The van der Waals surface area contributed by atoms with E-state index >= 15 is 0 Å². The molecule has 1 N–H and O–H groups in total. The Hall–Kier alpha value is -2.63.